The van der Waals surface area contributed by atoms with Gasteiger partial charge in [0, 0.05) is 13.1 Å². The molecule has 0 saturated carbocycles. The normalized spacial score (nSPS) is 24.1. The van der Waals surface area contributed by atoms with Gasteiger partial charge in [-0.1, -0.05) is 24.3 Å². The molecule has 11 heavy (non-hydrogen) atoms. The lowest BCUT2D eigenvalue weighted by Gasteiger charge is -2.05. The molecule has 0 atom stereocenters. The van der Waals surface area contributed by atoms with Crippen LogP contribution in [0.4, 0.5) is 0 Å². The van der Waals surface area contributed by atoms with E-state index in [0.717, 1.165) is 19.5 Å². The van der Waals surface area contributed by atoms with Crippen LogP contribution in [0, 0.1) is 0 Å². The second-order valence-electron chi connectivity index (χ2n) is 3.26. The van der Waals surface area contributed by atoms with Crippen LogP contribution in [0.1, 0.15) is 6.42 Å². The van der Waals surface area contributed by atoms with E-state index in [0.29, 0.717) is 0 Å². The Bertz CT molecular complexity index is 222. The molecule has 1 heteroatoms. The van der Waals surface area contributed by atoms with Gasteiger partial charge in [-0.05, 0) is 24.6 Å². The third-order valence-electron chi connectivity index (χ3n) is 2.20. The zero-order valence-electron chi connectivity index (χ0n) is 6.88. The number of rotatable bonds is 0. The van der Waals surface area contributed by atoms with E-state index in [9.17, 15) is 0 Å². The van der Waals surface area contributed by atoms with Crippen LogP contribution in [-0.2, 0) is 0 Å². The van der Waals surface area contributed by atoms with Gasteiger partial charge >= 0.3 is 0 Å². The second kappa shape index (κ2) is 2.67. The summed E-state index contributed by atoms with van der Waals surface area (Å²) in [6, 6.07) is 0. The van der Waals surface area contributed by atoms with Crippen molar-refractivity contribution in [2.24, 2.45) is 0 Å². The Hall–Kier alpha value is -0.820. The average Bonchev–Trinajstić information content (AvgIpc) is 2.17. The van der Waals surface area contributed by atoms with Gasteiger partial charge in [-0.25, -0.2) is 0 Å². The lowest BCUT2D eigenvalue weighted by atomic mass is 10.1. The molecule has 2 rings (SSSR count). The second-order valence-corrected chi connectivity index (χ2v) is 3.26. The van der Waals surface area contributed by atoms with Crippen molar-refractivity contribution in [2.45, 2.75) is 6.42 Å². The molecule has 0 unspecified atom stereocenters. The minimum absolute atomic E-state index is 1.09. The van der Waals surface area contributed by atoms with Gasteiger partial charge in [0.1, 0.15) is 0 Å². The molecule has 1 aliphatic heterocycles. The summed E-state index contributed by atoms with van der Waals surface area (Å²) in [7, 11) is 2.16. The molecule has 2 aliphatic rings. The van der Waals surface area contributed by atoms with Crippen LogP contribution < -0.4 is 0 Å². The monoisotopic (exact) mass is 147 g/mol. The van der Waals surface area contributed by atoms with Crippen molar-refractivity contribution >= 4 is 0 Å². The van der Waals surface area contributed by atoms with Crippen molar-refractivity contribution in [3.05, 3.63) is 35.5 Å². The number of allylic oxidation sites excluding steroid dienone is 2. The molecule has 0 amide bonds. The molecule has 0 N–H and O–H groups in total. The van der Waals surface area contributed by atoms with Crippen molar-refractivity contribution in [2.75, 3.05) is 20.1 Å². The summed E-state index contributed by atoms with van der Waals surface area (Å²) in [5.41, 5.74) is 3.00. The maximum Gasteiger partial charge on any atom is 0.0237 e. The molecule has 0 bridgehead atoms. The first kappa shape index (κ1) is 6.86. The van der Waals surface area contributed by atoms with Crippen molar-refractivity contribution in [3.8, 4) is 0 Å². The van der Waals surface area contributed by atoms with Crippen LogP contribution in [0.5, 0.6) is 0 Å². The van der Waals surface area contributed by atoms with Crippen LogP contribution in [0.3, 0.4) is 0 Å². The van der Waals surface area contributed by atoms with E-state index in [-0.39, 0.29) is 0 Å². The Labute approximate surface area is 67.7 Å². The molecule has 0 fully saturated rings. The minimum Gasteiger partial charge on any atom is -0.298 e. The lowest BCUT2D eigenvalue weighted by molar-refractivity contribution is 0.428. The first-order valence-corrected chi connectivity index (χ1v) is 4.10. The van der Waals surface area contributed by atoms with Crippen molar-refractivity contribution in [1.82, 2.24) is 4.90 Å². The highest BCUT2D eigenvalue weighted by atomic mass is 15.1. The SMILES string of the molecule is CN1CC2=C(C=CCC=C2)C1. The van der Waals surface area contributed by atoms with Crippen LogP contribution in [-0.4, -0.2) is 25.0 Å². The smallest absolute Gasteiger partial charge is 0.0237 e. The summed E-state index contributed by atoms with van der Waals surface area (Å²) in [4.78, 5) is 2.34. The van der Waals surface area contributed by atoms with Crippen molar-refractivity contribution in [3.63, 3.8) is 0 Å². The number of likely N-dealkylation sites (N-methyl/N-ethyl adjacent to an activating group) is 1. The van der Waals surface area contributed by atoms with Crippen LogP contribution in [0.15, 0.2) is 35.5 Å². The molecule has 0 radical (unpaired) electrons. The van der Waals surface area contributed by atoms with Gasteiger partial charge in [0.2, 0.25) is 0 Å². The van der Waals surface area contributed by atoms with E-state index >= 15 is 0 Å². The highest BCUT2D eigenvalue weighted by Gasteiger charge is 2.14. The molecule has 0 spiro atoms. The van der Waals surface area contributed by atoms with Gasteiger partial charge in [0.15, 0.2) is 0 Å². The van der Waals surface area contributed by atoms with Gasteiger partial charge in [-0.2, -0.15) is 0 Å². The molecular formula is C10H13N. The Morgan fingerprint density at radius 2 is 1.64 bits per heavy atom. The van der Waals surface area contributed by atoms with E-state index in [1.165, 1.54) is 11.1 Å². The summed E-state index contributed by atoms with van der Waals surface area (Å²) in [5.74, 6) is 0. The molecule has 0 aromatic heterocycles. The van der Waals surface area contributed by atoms with E-state index in [2.05, 4.69) is 36.3 Å². The number of nitrogens with zero attached hydrogens (tertiary/aromatic N) is 1. The van der Waals surface area contributed by atoms with Crippen LogP contribution in [0.25, 0.3) is 0 Å². The van der Waals surface area contributed by atoms with E-state index < -0.39 is 0 Å². The predicted octanol–water partition coefficient (Wildman–Crippen LogP) is 1.74. The Morgan fingerprint density at radius 1 is 1.09 bits per heavy atom. The molecule has 58 valence electrons. The molecule has 1 heterocycles. The van der Waals surface area contributed by atoms with Crippen LogP contribution >= 0.6 is 0 Å². The Morgan fingerprint density at radius 3 is 2.18 bits per heavy atom. The molecular weight excluding hydrogens is 134 g/mol. The Kier molecular flexibility index (Phi) is 1.66. The van der Waals surface area contributed by atoms with Gasteiger partial charge < -0.3 is 0 Å². The molecule has 0 aromatic carbocycles. The maximum atomic E-state index is 2.34. The largest absolute Gasteiger partial charge is 0.298 e. The lowest BCUT2D eigenvalue weighted by Crippen LogP contribution is -2.14. The summed E-state index contributed by atoms with van der Waals surface area (Å²) in [5, 5.41) is 0. The fourth-order valence-corrected chi connectivity index (χ4v) is 1.66. The van der Waals surface area contributed by atoms with Crippen molar-refractivity contribution in [1.29, 1.82) is 0 Å². The van der Waals surface area contributed by atoms with E-state index in [1.54, 1.807) is 0 Å². The standard InChI is InChI=1S/C10H13N/c1-11-7-9-5-3-2-4-6-10(9)8-11/h3-6H,2,7-8H2,1H3. The highest BCUT2D eigenvalue weighted by Crippen LogP contribution is 2.20. The first-order chi connectivity index (χ1) is 5.36. The fourth-order valence-electron chi connectivity index (χ4n) is 1.66. The predicted molar refractivity (Wildman–Crippen MR) is 47.4 cm³/mol. The van der Waals surface area contributed by atoms with Gasteiger partial charge in [0.05, 0.1) is 0 Å². The highest BCUT2D eigenvalue weighted by molar-refractivity contribution is 5.40. The third kappa shape index (κ3) is 1.29. The van der Waals surface area contributed by atoms with Crippen molar-refractivity contribution < 1.29 is 0 Å². The summed E-state index contributed by atoms with van der Waals surface area (Å²) in [6.45, 7) is 2.24. The van der Waals surface area contributed by atoms with E-state index in [4.69, 9.17) is 0 Å². The molecule has 1 nitrogen and oxygen atoms in total. The summed E-state index contributed by atoms with van der Waals surface area (Å²) in [6.07, 6.45) is 10.1. The van der Waals surface area contributed by atoms with Gasteiger partial charge in [-0.3, -0.25) is 4.90 Å². The number of hydrogen-bond acceptors (Lipinski definition) is 1. The zero-order valence-corrected chi connectivity index (χ0v) is 6.88. The fraction of sp³-hybridized carbons (Fsp3) is 0.400. The quantitative estimate of drug-likeness (QED) is 0.504. The summed E-state index contributed by atoms with van der Waals surface area (Å²) >= 11 is 0. The Balaban J connectivity index is 2.28. The molecule has 0 saturated heterocycles. The zero-order chi connectivity index (χ0) is 7.68. The maximum absolute atomic E-state index is 2.34. The molecule has 0 aromatic rings. The molecule has 1 aliphatic carbocycles. The minimum atomic E-state index is 1.09. The van der Waals surface area contributed by atoms with Gasteiger partial charge in [0.25, 0.3) is 0 Å². The topological polar surface area (TPSA) is 3.24 Å². The third-order valence-corrected chi connectivity index (χ3v) is 2.20. The number of hydrogen-bond donors (Lipinski definition) is 0. The van der Waals surface area contributed by atoms with Gasteiger partial charge in [-0.15, -0.1) is 0 Å². The first-order valence-electron chi connectivity index (χ1n) is 4.10. The summed E-state index contributed by atoms with van der Waals surface area (Å²) < 4.78 is 0. The van der Waals surface area contributed by atoms with E-state index in [1.807, 2.05) is 0 Å². The average molecular weight is 147 g/mol. The van der Waals surface area contributed by atoms with Crippen LogP contribution in [0.2, 0.25) is 0 Å².